The summed E-state index contributed by atoms with van der Waals surface area (Å²) in [5.41, 5.74) is 4.62. The van der Waals surface area contributed by atoms with Crippen LogP contribution in [0.3, 0.4) is 0 Å². The fraction of sp³-hybridized carbons (Fsp3) is 0.464. The molecule has 1 saturated heterocycles. The van der Waals surface area contributed by atoms with Gasteiger partial charge in [0, 0.05) is 24.9 Å². The predicted octanol–water partition coefficient (Wildman–Crippen LogP) is 4.55. The lowest BCUT2D eigenvalue weighted by atomic mass is 9.98. The van der Waals surface area contributed by atoms with Gasteiger partial charge < -0.3 is 20.1 Å². The average molecular weight is 477 g/mol. The van der Waals surface area contributed by atoms with Crippen molar-refractivity contribution in [1.29, 1.82) is 0 Å². The van der Waals surface area contributed by atoms with Crippen LogP contribution in [-0.2, 0) is 14.3 Å². The van der Waals surface area contributed by atoms with Crippen LogP contribution in [0.15, 0.2) is 48.5 Å². The number of carboxylic acids is 1. The summed E-state index contributed by atoms with van der Waals surface area (Å²) in [6.45, 7) is 0.811. The van der Waals surface area contributed by atoms with Crippen molar-refractivity contribution >= 4 is 18.0 Å². The molecule has 2 aromatic rings. The number of rotatable bonds is 9. The average Bonchev–Trinajstić information content (AvgIpc) is 3.45. The Bertz CT molecular complexity index is 1070. The first kappa shape index (κ1) is 23.4. The Hall–Kier alpha value is -3.35. The van der Waals surface area contributed by atoms with Crippen LogP contribution in [0.25, 0.3) is 11.1 Å². The van der Waals surface area contributed by atoms with E-state index in [2.05, 4.69) is 29.6 Å². The summed E-state index contributed by atoms with van der Waals surface area (Å²) in [5.74, 6) is -0.559. The number of benzene rings is 2. The van der Waals surface area contributed by atoms with E-state index in [1.54, 1.807) is 4.90 Å². The third kappa shape index (κ3) is 5.19. The zero-order valence-electron chi connectivity index (χ0n) is 19.8. The maximum atomic E-state index is 13.4. The Labute approximate surface area is 205 Å². The highest BCUT2D eigenvalue weighted by molar-refractivity contribution is 5.86. The monoisotopic (exact) mass is 476 g/mol. The molecule has 2 aromatic carbocycles. The molecule has 3 aliphatic rings. The number of alkyl carbamates (subject to hydrolysis) is 1. The second-order valence-electron chi connectivity index (χ2n) is 9.96. The molecule has 0 radical (unpaired) electrons. The highest BCUT2D eigenvalue weighted by Crippen LogP contribution is 2.44. The molecule has 184 valence electrons. The fourth-order valence-corrected chi connectivity index (χ4v) is 5.61. The quantitative estimate of drug-likeness (QED) is 0.554. The van der Waals surface area contributed by atoms with Gasteiger partial charge in [-0.25, -0.2) is 4.79 Å². The van der Waals surface area contributed by atoms with Crippen LogP contribution in [0, 0.1) is 5.92 Å². The standard InChI is InChI=1S/C28H32N2O5/c31-26(32)14-13-19-6-5-15-30(19)27(33)25(16-18-11-12-18)29-28(34)35-17-24-22-9-3-1-7-20(22)21-8-2-4-10-23(21)24/h1-4,7-10,18-19,24-25H,5-6,11-17H2,(H,29,34)(H,31,32). The first-order valence-corrected chi connectivity index (χ1v) is 12.6. The number of nitrogens with zero attached hydrogens (tertiary/aromatic N) is 1. The van der Waals surface area contributed by atoms with E-state index in [9.17, 15) is 14.4 Å². The number of likely N-dealkylation sites (tertiary alicyclic amines) is 1. The van der Waals surface area contributed by atoms with Gasteiger partial charge in [0.05, 0.1) is 0 Å². The Morgan fingerprint density at radius 1 is 1.00 bits per heavy atom. The maximum absolute atomic E-state index is 13.4. The number of carbonyl (C=O) groups excluding carboxylic acids is 2. The number of carboxylic acid groups (broad SMARTS) is 1. The number of nitrogens with one attached hydrogen (secondary N) is 1. The Kier molecular flexibility index (Phi) is 6.75. The SMILES string of the molecule is O=C(O)CCC1CCCN1C(=O)C(CC1CC1)NC(=O)OCC1c2ccccc2-c2ccccc21. The zero-order chi connectivity index (χ0) is 24.4. The Morgan fingerprint density at radius 2 is 1.66 bits per heavy atom. The van der Waals surface area contributed by atoms with E-state index in [1.807, 2.05) is 24.3 Å². The summed E-state index contributed by atoms with van der Waals surface area (Å²) in [6, 6.07) is 15.6. The molecule has 2 aliphatic carbocycles. The smallest absolute Gasteiger partial charge is 0.407 e. The number of carbonyl (C=O) groups is 3. The summed E-state index contributed by atoms with van der Waals surface area (Å²) < 4.78 is 5.69. The number of amides is 2. The van der Waals surface area contributed by atoms with Crippen LogP contribution in [0.4, 0.5) is 4.79 Å². The van der Waals surface area contributed by atoms with Gasteiger partial charge in [-0.15, -0.1) is 0 Å². The second kappa shape index (κ2) is 10.1. The molecule has 35 heavy (non-hydrogen) atoms. The molecule has 1 aliphatic heterocycles. The molecule has 2 amide bonds. The van der Waals surface area contributed by atoms with Gasteiger partial charge >= 0.3 is 12.1 Å². The van der Waals surface area contributed by atoms with E-state index in [0.717, 1.165) is 36.8 Å². The van der Waals surface area contributed by atoms with Crippen molar-refractivity contribution in [3.63, 3.8) is 0 Å². The topological polar surface area (TPSA) is 95.9 Å². The highest BCUT2D eigenvalue weighted by Gasteiger charge is 2.37. The van der Waals surface area contributed by atoms with Crippen molar-refractivity contribution in [3.05, 3.63) is 59.7 Å². The van der Waals surface area contributed by atoms with Gasteiger partial charge in [0.1, 0.15) is 12.6 Å². The van der Waals surface area contributed by atoms with Crippen molar-refractivity contribution in [3.8, 4) is 11.1 Å². The molecule has 7 heteroatoms. The molecule has 2 N–H and O–H groups in total. The summed E-state index contributed by atoms with van der Waals surface area (Å²) >= 11 is 0. The van der Waals surface area contributed by atoms with E-state index in [1.165, 1.54) is 11.1 Å². The molecular weight excluding hydrogens is 444 g/mol. The van der Waals surface area contributed by atoms with E-state index >= 15 is 0 Å². The molecule has 0 aromatic heterocycles. The van der Waals surface area contributed by atoms with Gasteiger partial charge in [-0.1, -0.05) is 61.4 Å². The molecular formula is C28H32N2O5. The lowest BCUT2D eigenvalue weighted by Gasteiger charge is -2.29. The van der Waals surface area contributed by atoms with Gasteiger partial charge in [0.25, 0.3) is 0 Å². The highest BCUT2D eigenvalue weighted by atomic mass is 16.5. The van der Waals surface area contributed by atoms with Gasteiger partial charge in [0.2, 0.25) is 5.91 Å². The lowest BCUT2D eigenvalue weighted by molar-refractivity contribution is -0.139. The fourth-order valence-electron chi connectivity index (χ4n) is 5.61. The minimum atomic E-state index is -0.851. The van der Waals surface area contributed by atoms with Crippen LogP contribution in [0.5, 0.6) is 0 Å². The summed E-state index contributed by atoms with van der Waals surface area (Å²) in [4.78, 5) is 39.1. The van der Waals surface area contributed by atoms with E-state index in [0.29, 0.717) is 25.3 Å². The van der Waals surface area contributed by atoms with Crippen LogP contribution in [0.1, 0.15) is 62.0 Å². The number of hydrogen-bond acceptors (Lipinski definition) is 4. The van der Waals surface area contributed by atoms with Gasteiger partial charge in [-0.2, -0.15) is 0 Å². The van der Waals surface area contributed by atoms with E-state index < -0.39 is 18.1 Å². The Balaban J connectivity index is 1.23. The minimum Gasteiger partial charge on any atom is -0.481 e. The molecule has 2 unspecified atom stereocenters. The number of fused-ring (bicyclic) bond motifs is 3. The first-order valence-electron chi connectivity index (χ1n) is 12.6. The van der Waals surface area contributed by atoms with Gasteiger partial charge in [-0.3, -0.25) is 9.59 Å². The molecule has 1 heterocycles. The summed E-state index contributed by atoms with van der Waals surface area (Å²) in [7, 11) is 0. The normalized spacial score (nSPS) is 19.7. The molecule has 5 rings (SSSR count). The van der Waals surface area contributed by atoms with E-state index in [4.69, 9.17) is 9.84 Å². The van der Waals surface area contributed by atoms with Crippen LogP contribution in [0.2, 0.25) is 0 Å². The third-order valence-electron chi connectivity index (χ3n) is 7.55. The van der Waals surface area contributed by atoms with Crippen LogP contribution >= 0.6 is 0 Å². The maximum Gasteiger partial charge on any atom is 0.407 e. The van der Waals surface area contributed by atoms with Gasteiger partial charge in [0.15, 0.2) is 0 Å². The molecule has 7 nitrogen and oxygen atoms in total. The molecule has 2 atom stereocenters. The minimum absolute atomic E-state index is 0.0373. The summed E-state index contributed by atoms with van der Waals surface area (Å²) in [6.07, 6.45) is 4.32. The summed E-state index contributed by atoms with van der Waals surface area (Å²) in [5, 5.41) is 11.9. The molecule has 0 bridgehead atoms. The van der Waals surface area contributed by atoms with Crippen molar-refractivity contribution in [2.24, 2.45) is 5.92 Å². The predicted molar refractivity (Wildman–Crippen MR) is 131 cm³/mol. The molecule has 2 fully saturated rings. The number of aliphatic carboxylic acids is 1. The van der Waals surface area contributed by atoms with Crippen molar-refractivity contribution < 1.29 is 24.2 Å². The van der Waals surface area contributed by atoms with E-state index in [-0.39, 0.29) is 30.9 Å². The van der Waals surface area contributed by atoms with Crippen LogP contribution in [-0.4, -0.2) is 53.2 Å². The van der Waals surface area contributed by atoms with Crippen LogP contribution < -0.4 is 5.32 Å². The molecule has 1 saturated carbocycles. The lowest BCUT2D eigenvalue weighted by Crippen LogP contribution is -2.50. The third-order valence-corrected chi connectivity index (χ3v) is 7.55. The Morgan fingerprint density at radius 3 is 2.29 bits per heavy atom. The molecule has 0 spiro atoms. The number of ether oxygens (including phenoxy) is 1. The zero-order valence-corrected chi connectivity index (χ0v) is 19.8. The largest absolute Gasteiger partial charge is 0.481 e. The van der Waals surface area contributed by atoms with Crippen molar-refractivity contribution in [2.45, 2.75) is 62.9 Å². The first-order chi connectivity index (χ1) is 17.0. The van der Waals surface area contributed by atoms with Crippen molar-refractivity contribution in [2.75, 3.05) is 13.2 Å². The number of hydrogen-bond donors (Lipinski definition) is 2. The van der Waals surface area contributed by atoms with Crippen molar-refractivity contribution in [1.82, 2.24) is 10.2 Å². The van der Waals surface area contributed by atoms with Gasteiger partial charge in [-0.05, 0) is 53.9 Å². The second-order valence-corrected chi connectivity index (χ2v) is 9.96.